The summed E-state index contributed by atoms with van der Waals surface area (Å²) in [5.74, 6) is -0.363. The maximum absolute atomic E-state index is 11.2. The van der Waals surface area contributed by atoms with Crippen molar-refractivity contribution in [2.45, 2.75) is 38.9 Å². The second kappa shape index (κ2) is 4.42. The van der Waals surface area contributed by atoms with E-state index in [4.69, 9.17) is 4.74 Å². The molecule has 1 rings (SSSR count). The van der Waals surface area contributed by atoms with Gasteiger partial charge >= 0.3 is 5.97 Å². The Kier molecular flexibility index (Phi) is 3.48. The molecule has 1 aliphatic carbocycles. The number of carbonyl (C=O) groups excluding carboxylic acids is 1. The Morgan fingerprint density at radius 2 is 2.08 bits per heavy atom. The minimum absolute atomic E-state index is 0.127. The van der Waals surface area contributed by atoms with Crippen molar-refractivity contribution in [1.29, 1.82) is 0 Å². The highest BCUT2D eigenvalue weighted by atomic mass is 16.6. The zero-order valence-electron chi connectivity index (χ0n) is 8.06. The minimum Gasteiger partial charge on any atom is -0.459 e. The molecule has 0 aliphatic heterocycles. The average Bonchev–Trinajstić information content (AvgIpc) is 2.08. The van der Waals surface area contributed by atoms with E-state index in [0.717, 1.165) is 0 Å². The van der Waals surface area contributed by atoms with Crippen LogP contribution < -0.4 is 0 Å². The smallest absolute Gasteiger partial charge is 0.308 e. The molecule has 0 aromatic rings. The van der Waals surface area contributed by atoms with Gasteiger partial charge in [0.15, 0.2) is 0 Å². The van der Waals surface area contributed by atoms with Crippen LogP contribution in [0, 0.1) is 5.92 Å². The summed E-state index contributed by atoms with van der Waals surface area (Å²) in [5.41, 5.74) is 0. The zero-order chi connectivity index (χ0) is 9.84. The van der Waals surface area contributed by atoms with Gasteiger partial charge in [-0.1, -0.05) is 26.0 Å². The topological polar surface area (TPSA) is 46.5 Å². The summed E-state index contributed by atoms with van der Waals surface area (Å²) in [6.45, 7) is 3.57. The molecule has 2 atom stereocenters. The molecule has 0 saturated heterocycles. The fourth-order valence-electron chi connectivity index (χ4n) is 1.19. The first-order chi connectivity index (χ1) is 6.11. The SMILES string of the molecule is CC(C)C(=O)O[C@H]1CC=CC[C@H]1O. The Morgan fingerprint density at radius 1 is 1.46 bits per heavy atom. The fraction of sp³-hybridized carbons (Fsp3) is 0.700. The van der Waals surface area contributed by atoms with Gasteiger partial charge in [0.05, 0.1) is 12.0 Å². The van der Waals surface area contributed by atoms with Gasteiger partial charge in [-0.3, -0.25) is 4.79 Å². The van der Waals surface area contributed by atoms with Crippen molar-refractivity contribution in [3.63, 3.8) is 0 Å². The second-order valence-electron chi connectivity index (χ2n) is 3.64. The van der Waals surface area contributed by atoms with Gasteiger partial charge in [0.2, 0.25) is 0 Å². The van der Waals surface area contributed by atoms with E-state index >= 15 is 0 Å². The standard InChI is InChI=1S/C10H16O3/c1-7(2)10(12)13-9-6-4-3-5-8(9)11/h3-4,7-9,11H,5-6H2,1-2H3/t8-,9+/m1/s1. The molecule has 0 radical (unpaired) electrons. The van der Waals surface area contributed by atoms with E-state index in [1.54, 1.807) is 13.8 Å². The third-order valence-electron chi connectivity index (χ3n) is 2.08. The maximum atomic E-state index is 11.2. The largest absolute Gasteiger partial charge is 0.459 e. The number of hydrogen-bond acceptors (Lipinski definition) is 3. The van der Waals surface area contributed by atoms with Gasteiger partial charge in [-0.25, -0.2) is 0 Å². The van der Waals surface area contributed by atoms with Crippen molar-refractivity contribution >= 4 is 5.97 Å². The van der Waals surface area contributed by atoms with Crippen molar-refractivity contribution in [2.24, 2.45) is 5.92 Å². The van der Waals surface area contributed by atoms with Crippen LogP contribution in [0.1, 0.15) is 26.7 Å². The van der Waals surface area contributed by atoms with E-state index in [-0.39, 0.29) is 18.0 Å². The average molecular weight is 184 g/mol. The van der Waals surface area contributed by atoms with Gasteiger partial charge in [-0.05, 0) is 6.42 Å². The van der Waals surface area contributed by atoms with E-state index < -0.39 is 6.10 Å². The number of esters is 1. The van der Waals surface area contributed by atoms with Gasteiger partial charge in [-0.2, -0.15) is 0 Å². The van der Waals surface area contributed by atoms with Crippen molar-refractivity contribution in [3.05, 3.63) is 12.2 Å². The Morgan fingerprint density at radius 3 is 2.62 bits per heavy atom. The Balaban J connectivity index is 2.44. The van der Waals surface area contributed by atoms with Crippen molar-refractivity contribution in [1.82, 2.24) is 0 Å². The number of carbonyl (C=O) groups is 1. The van der Waals surface area contributed by atoms with Crippen LogP contribution in [0.2, 0.25) is 0 Å². The third kappa shape index (κ3) is 2.84. The maximum Gasteiger partial charge on any atom is 0.308 e. The molecule has 1 aliphatic rings. The van der Waals surface area contributed by atoms with Crippen LogP contribution in [0.5, 0.6) is 0 Å². The summed E-state index contributed by atoms with van der Waals surface area (Å²) in [4.78, 5) is 11.2. The monoisotopic (exact) mass is 184 g/mol. The molecule has 0 unspecified atom stereocenters. The van der Waals surface area contributed by atoms with E-state index in [9.17, 15) is 9.90 Å². The molecule has 0 aromatic carbocycles. The van der Waals surface area contributed by atoms with Crippen LogP contribution in [0.4, 0.5) is 0 Å². The summed E-state index contributed by atoms with van der Waals surface area (Å²) >= 11 is 0. The number of ether oxygens (including phenoxy) is 1. The lowest BCUT2D eigenvalue weighted by Gasteiger charge is -2.24. The van der Waals surface area contributed by atoms with Crippen LogP contribution in [0.15, 0.2) is 12.2 Å². The predicted octanol–water partition coefficient (Wildman–Crippen LogP) is 1.27. The molecule has 74 valence electrons. The molecule has 0 heterocycles. The Bertz CT molecular complexity index is 208. The molecule has 3 heteroatoms. The summed E-state index contributed by atoms with van der Waals surface area (Å²) in [7, 11) is 0. The molecule has 0 bridgehead atoms. The number of rotatable bonds is 2. The molecule has 0 saturated carbocycles. The van der Waals surface area contributed by atoms with Crippen LogP contribution >= 0.6 is 0 Å². The first-order valence-corrected chi connectivity index (χ1v) is 4.65. The molecule has 0 spiro atoms. The van der Waals surface area contributed by atoms with Gasteiger partial charge in [0.25, 0.3) is 0 Å². The first kappa shape index (κ1) is 10.3. The van der Waals surface area contributed by atoms with Crippen molar-refractivity contribution < 1.29 is 14.6 Å². The molecule has 0 fully saturated rings. The lowest BCUT2D eigenvalue weighted by molar-refractivity contribution is -0.158. The Hall–Kier alpha value is -0.830. The van der Waals surface area contributed by atoms with Crippen LogP contribution in [0.3, 0.4) is 0 Å². The van der Waals surface area contributed by atoms with E-state index in [0.29, 0.717) is 12.8 Å². The van der Waals surface area contributed by atoms with Gasteiger partial charge in [0.1, 0.15) is 6.10 Å². The van der Waals surface area contributed by atoms with Gasteiger partial charge < -0.3 is 9.84 Å². The van der Waals surface area contributed by atoms with Crippen molar-refractivity contribution in [3.8, 4) is 0 Å². The second-order valence-corrected chi connectivity index (χ2v) is 3.64. The highest BCUT2D eigenvalue weighted by Gasteiger charge is 2.24. The lowest BCUT2D eigenvalue weighted by atomic mass is 10.0. The highest BCUT2D eigenvalue weighted by Crippen LogP contribution is 2.16. The number of aliphatic hydroxyl groups is 1. The number of aliphatic hydroxyl groups excluding tert-OH is 1. The van der Waals surface area contributed by atoms with E-state index in [2.05, 4.69) is 0 Å². The molecule has 3 nitrogen and oxygen atoms in total. The zero-order valence-corrected chi connectivity index (χ0v) is 8.06. The molecular formula is C10H16O3. The fourth-order valence-corrected chi connectivity index (χ4v) is 1.19. The summed E-state index contributed by atoms with van der Waals surface area (Å²) in [6, 6.07) is 0. The van der Waals surface area contributed by atoms with Crippen molar-refractivity contribution in [2.75, 3.05) is 0 Å². The van der Waals surface area contributed by atoms with E-state index in [1.165, 1.54) is 0 Å². The molecule has 0 amide bonds. The molecule has 0 aromatic heterocycles. The van der Waals surface area contributed by atoms with Gasteiger partial charge in [-0.15, -0.1) is 0 Å². The molecule has 13 heavy (non-hydrogen) atoms. The van der Waals surface area contributed by atoms with Crippen LogP contribution in [-0.4, -0.2) is 23.3 Å². The summed E-state index contributed by atoms with van der Waals surface area (Å²) in [5, 5.41) is 9.47. The summed E-state index contributed by atoms with van der Waals surface area (Å²) in [6.07, 6.45) is 4.16. The first-order valence-electron chi connectivity index (χ1n) is 4.65. The number of hydrogen-bond donors (Lipinski definition) is 1. The van der Waals surface area contributed by atoms with E-state index in [1.807, 2.05) is 12.2 Å². The molecule has 1 N–H and O–H groups in total. The normalized spacial score (nSPS) is 27.7. The molecular weight excluding hydrogens is 168 g/mol. The highest BCUT2D eigenvalue weighted by molar-refractivity contribution is 5.71. The lowest BCUT2D eigenvalue weighted by Crippen LogP contribution is -2.33. The van der Waals surface area contributed by atoms with Gasteiger partial charge in [0, 0.05) is 6.42 Å². The predicted molar refractivity (Wildman–Crippen MR) is 49.1 cm³/mol. The Labute approximate surface area is 78.4 Å². The quantitative estimate of drug-likeness (QED) is 0.519. The summed E-state index contributed by atoms with van der Waals surface area (Å²) < 4.78 is 5.12. The van der Waals surface area contributed by atoms with Crippen LogP contribution in [-0.2, 0) is 9.53 Å². The third-order valence-corrected chi connectivity index (χ3v) is 2.08. The van der Waals surface area contributed by atoms with Crippen LogP contribution in [0.25, 0.3) is 0 Å². The minimum atomic E-state index is -0.535.